The maximum Gasteiger partial charge on any atom is 0.0776 e. The van der Waals surface area contributed by atoms with Crippen LogP contribution in [0.15, 0.2) is 72.9 Å². The molecule has 3 rings (SSSR count). The Hall–Kier alpha value is -2.19. The van der Waals surface area contributed by atoms with Gasteiger partial charge in [-0.1, -0.05) is 79.4 Å². The third-order valence-corrected chi connectivity index (χ3v) is 5.95. The Kier molecular flexibility index (Phi) is 3.95. The average molecular weight is 303 g/mol. The van der Waals surface area contributed by atoms with Gasteiger partial charge in [0.15, 0.2) is 0 Å². The maximum absolute atomic E-state index is 4.40. The molecule has 0 atom stereocenters. The Morgan fingerprint density at radius 2 is 1.41 bits per heavy atom. The molecule has 2 heteroatoms. The molecule has 0 radical (unpaired) electrons. The summed E-state index contributed by atoms with van der Waals surface area (Å²) in [6.07, 6.45) is 1.83. The molecule has 0 fully saturated rings. The first-order valence-corrected chi connectivity index (χ1v) is 11.2. The van der Waals surface area contributed by atoms with Crippen molar-refractivity contribution in [1.82, 2.24) is 4.98 Å². The number of nitrogens with zero attached hydrogens (tertiary/aromatic N) is 1. The van der Waals surface area contributed by atoms with Gasteiger partial charge < -0.3 is 0 Å². The fourth-order valence-electron chi connectivity index (χ4n) is 2.53. The van der Waals surface area contributed by atoms with Gasteiger partial charge in [0, 0.05) is 11.8 Å². The third kappa shape index (κ3) is 3.17. The van der Waals surface area contributed by atoms with Crippen LogP contribution in [0, 0.1) is 0 Å². The van der Waals surface area contributed by atoms with Gasteiger partial charge in [-0.3, -0.25) is 4.98 Å². The van der Waals surface area contributed by atoms with Crippen LogP contribution in [-0.4, -0.2) is 13.1 Å². The molecule has 0 saturated heterocycles. The van der Waals surface area contributed by atoms with Gasteiger partial charge in [-0.25, -0.2) is 0 Å². The van der Waals surface area contributed by atoms with E-state index < -0.39 is 8.07 Å². The summed E-state index contributed by atoms with van der Waals surface area (Å²) in [5.74, 6) is 0. The van der Waals surface area contributed by atoms with E-state index in [9.17, 15) is 0 Å². The predicted molar refractivity (Wildman–Crippen MR) is 98.1 cm³/mol. The van der Waals surface area contributed by atoms with Crippen molar-refractivity contribution in [1.29, 1.82) is 0 Å². The van der Waals surface area contributed by atoms with E-state index in [1.165, 1.54) is 16.3 Å². The molecule has 110 valence electrons. The van der Waals surface area contributed by atoms with E-state index >= 15 is 0 Å². The zero-order valence-corrected chi connectivity index (χ0v) is 14.4. The molecular formula is C20H21NSi. The van der Waals surface area contributed by atoms with Crippen LogP contribution in [0.1, 0.15) is 0 Å². The molecule has 0 bridgehead atoms. The molecule has 0 aliphatic rings. The first-order chi connectivity index (χ1) is 10.5. The van der Waals surface area contributed by atoms with Crippen LogP contribution in [0.4, 0.5) is 0 Å². The van der Waals surface area contributed by atoms with E-state index in [0.29, 0.717) is 0 Å². The Balaban J connectivity index is 1.94. The molecule has 0 unspecified atom stereocenters. The standard InChI is InChI=1S/C20H21NSi/c1-22(2,3)19-8-6-7-18(15-19)16-10-12-17(13-11-16)20-9-4-5-14-21-20/h4-15H,1-3H3. The molecular weight excluding hydrogens is 282 g/mol. The second-order valence-corrected chi connectivity index (χ2v) is 11.7. The minimum atomic E-state index is -1.27. The van der Waals surface area contributed by atoms with Crippen molar-refractivity contribution < 1.29 is 0 Å². The zero-order chi connectivity index (χ0) is 15.6. The van der Waals surface area contributed by atoms with Gasteiger partial charge in [0.25, 0.3) is 0 Å². The fourth-order valence-corrected chi connectivity index (χ4v) is 3.72. The number of hydrogen-bond donors (Lipinski definition) is 0. The highest BCUT2D eigenvalue weighted by Crippen LogP contribution is 2.23. The fraction of sp³-hybridized carbons (Fsp3) is 0.150. The van der Waals surface area contributed by atoms with Crippen molar-refractivity contribution in [3.63, 3.8) is 0 Å². The predicted octanol–water partition coefficient (Wildman–Crippen LogP) is 4.96. The molecule has 3 aromatic rings. The van der Waals surface area contributed by atoms with Gasteiger partial charge in [-0.05, 0) is 23.3 Å². The van der Waals surface area contributed by atoms with Crippen LogP contribution in [0.3, 0.4) is 0 Å². The number of aromatic nitrogens is 1. The number of benzene rings is 2. The lowest BCUT2D eigenvalue weighted by Gasteiger charge is -2.17. The summed E-state index contributed by atoms with van der Waals surface area (Å²) in [6.45, 7) is 7.16. The van der Waals surface area contributed by atoms with Crippen LogP contribution in [0.2, 0.25) is 19.6 Å². The lowest BCUT2D eigenvalue weighted by atomic mass is 10.0. The van der Waals surface area contributed by atoms with Gasteiger partial charge in [0.2, 0.25) is 0 Å². The smallest absolute Gasteiger partial charge is 0.0776 e. The number of rotatable bonds is 3. The maximum atomic E-state index is 4.40. The summed E-state index contributed by atoms with van der Waals surface area (Å²) >= 11 is 0. The summed E-state index contributed by atoms with van der Waals surface area (Å²) < 4.78 is 0. The molecule has 2 aromatic carbocycles. The zero-order valence-electron chi connectivity index (χ0n) is 13.4. The lowest BCUT2D eigenvalue weighted by Crippen LogP contribution is -2.37. The summed E-state index contributed by atoms with van der Waals surface area (Å²) in [6, 6.07) is 23.7. The highest BCUT2D eigenvalue weighted by molar-refractivity contribution is 6.88. The van der Waals surface area contributed by atoms with E-state index in [1.807, 2.05) is 24.4 Å². The molecule has 1 nitrogen and oxygen atoms in total. The highest BCUT2D eigenvalue weighted by atomic mass is 28.3. The SMILES string of the molecule is C[Si](C)(C)c1cccc(-c2ccc(-c3ccccn3)cc2)c1. The molecule has 0 aliphatic carbocycles. The lowest BCUT2D eigenvalue weighted by molar-refractivity contribution is 1.33. The monoisotopic (exact) mass is 303 g/mol. The van der Waals surface area contributed by atoms with E-state index in [-0.39, 0.29) is 0 Å². The molecule has 1 heterocycles. The van der Waals surface area contributed by atoms with Gasteiger partial charge in [0.05, 0.1) is 13.8 Å². The largest absolute Gasteiger partial charge is 0.256 e. The number of pyridine rings is 1. The molecule has 0 amide bonds. The van der Waals surface area contributed by atoms with Crippen molar-refractivity contribution in [2.45, 2.75) is 19.6 Å². The van der Waals surface area contributed by atoms with Gasteiger partial charge in [-0.15, -0.1) is 0 Å². The minimum absolute atomic E-state index is 1.02. The molecule has 0 aliphatic heterocycles. The van der Waals surface area contributed by atoms with Gasteiger partial charge in [0.1, 0.15) is 0 Å². The molecule has 0 saturated carbocycles. The van der Waals surface area contributed by atoms with Crippen LogP contribution in [0.25, 0.3) is 22.4 Å². The number of hydrogen-bond acceptors (Lipinski definition) is 1. The summed E-state index contributed by atoms with van der Waals surface area (Å²) in [7, 11) is -1.27. The van der Waals surface area contributed by atoms with Crippen molar-refractivity contribution in [2.75, 3.05) is 0 Å². The Bertz CT molecular complexity index is 756. The molecule has 22 heavy (non-hydrogen) atoms. The van der Waals surface area contributed by atoms with Gasteiger partial charge in [-0.2, -0.15) is 0 Å². The molecule has 0 spiro atoms. The van der Waals surface area contributed by atoms with Crippen LogP contribution in [0.5, 0.6) is 0 Å². The molecule has 0 N–H and O–H groups in total. The normalized spacial score (nSPS) is 11.4. The van der Waals surface area contributed by atoms with E-state index in [2.05, 4.69) is 73.2 Å². The van der Waals surface area contributed by atoms with E-state index in [4.69, 9.17) is 0 Å². The quantitative estimate of drug-likeness (QED) is 0.623. The average Bonchev–Trinajstić information content (AvgIpc) is 2.55. The van der Waals surface area contributed by atoms with E-state index in [0.717, 1.165) is 11.3 Å². The Labute approximate surface area is 133 Å². The highest BCUT2D eigenvalue weighted by Gasteiger charge is 2.16. The second-order valence-electron chi connectivity index (χ2n) is 6.62. The van der Waals surface area contributed by atoms with Crippen LogP contribution >= 0.6 is 0 Å². The summed E-state index contributed by atoms with van der Waals surface area (Å²) in [4.78, 5) is 4.40. The van der Waals surface area contributed by atoms with Crippen molar-refractivity contribution in [3.8, 4) is 22.4 Å². The summed E-state index contributed by atoms with van der Waals surface area (Å²) in [5, 5.41) is 1.50. The second kappa shape index (κ2) is 5.89. The van der Waals surface area contributed by atoms with Crippen molar-refractivity contribution >= 4 is 13.3 Å². The Morgan fingerprint density at radius 1 is 0.682 bits per heavy atom. The third-order valence-electron chi connectivity index (χ3n) is 3.91. The van der Waals surface area contributed by atoms with Gasteiger partial charge >= 0.3 is 0 Å². The van der Waals surface area contributed by atoms with Crippen LogP contribution in [-0.2, 0) is 0 Å². The minimum Gasteiger partial charge on any atom is -0.256 e. The topological polar surface area (TPSA) is 12.9 Å². The van der Waals surface area contributed by atoms with E-state index in [1.54, 1.807) is 0 Å². The van der Waals surface area contributed by atoms with Crippen molar-refractivity contribution in [3.05, 3.63) is 72.9 Å². The molecule has 1 aromatic heterocycles. The first kappa shape index (κ1) is 14.7. The summed E-state index contributed by atoms with van der Waals surface area (Å²) in [5.41, 5.74) is 4.74. The Morgan fingerprint density at radius 3 is 2.05 bits per heavy atom. The first-order valence-electron chi connectivity index (χ1n) is 7.66. The van der Waals surface area contributed by atoms with Crippen molar-refractivity contribution in [2.24, 2.45) is 0 Å². The van der Waals surface area contributed by atoms with Crippen LogP contribution < -0.4 is 5.19 Å².